The largest absolute Gasteiger partial charge is 0.323 e. The second-order valence-electron chi connectivity index (χ2n) is 9.14. The second-order valence-corrected chi connectivity index (χ2v) is 9.55. The molecule has 3 unspecified atom stereocenters. The van der Waals surface area contributed by atoms with Crippen molar-refractivity contribution in [2.24, 2.45) is 5.92 Å². The predicted molar refractivity (Wildman–Crippen MR) is 126 cm³/mol. The van der Waals surface area contributed by atoms with Crippen molar-refractivity contribution in [3.05, 3.63) is 47.5 Å². The van der Waals surface area contributed by atoms with Crippen LogP contribution in [0.3, 0.4) is 0 Å². The lowest BCUT2D eigenvalue weighted by molar-refractivity contribution is -0.157. The van der Waals surface area contributed by atoms with Gasteiger partial charge >= 0.3 is 6.03 Å². The van der Waals surface area contributed by atoms with Crippen LogP contribution in [0.15, 0.2) is 36.7 Å². The zero-order valence-electron chi connectivity index (χ0n) is 19.0. The quantitative estimate of drug-likeness (QED) is 0.478. The molecule has 1 aromatic carbocycles. The Bertz CT molecular complexity index is 1360. The molecule has 1 aliphatic carbocycles. The van der Waals surface area contributed by atoms with Crippen LogP contribution in [0.1, 0.15) is 33.1 Å². The number of anilines is 1. The molecule has 5 rings (SSSR count). The summed E-state index contributed by atoms with van der Waals surface area (Å²) in [7, 11) is 0. The lowest BCUT2D eigenvalue weighted by Crippen LogP contribution is -2.78. The molecule has 10 nitrogen and oxygen atoms in total. The average molecular weight is 500 g/mol. The number of carbonyl (C=O) groups excluding carboxylic acids is 3. The number of hydrogen-bond donors (Lipinski definition) is 3. The molecule has 1 saturated heterocycles. The number of fused-ring (bicyclic) bond motifs is 3. The third kappa shape index (κ3) is 3.95. The molecule has 3 N–H and O–H groups in total. The van der Waals surface area contributed by atoms with Crippen molar-refractivity contribution in [3.63, 3.8) is 0 Å². The minimum Gasteiger partial charge on any atom is -0.307 e. The van der Waals surface area contributed by atoms with E-state index in [2.05, 4.69) is 26.3 Å². The molecule has 0 radical (unpaired) electrons. The molecule has 2 aromatic heterocycles. The van der Waals surface area contributed by atoms with Gasteiger partial charge in [0.2, 0.25) is 5.91 Å². The molecule has 2 bridgehead atoms. The SMILES string of the molecule is CC(=O)NNC(=O)C12CC(C)CC(C1)N2C(=O)Nc1cc(-c2ncc3cccn3n2)c(Cl)cc1F. The van der Waals surface area contributed by atoms with Crippen LogP contribution in [-0.4, -0.2) is 48.9 Å². The molecule has 1 aliphatic heterocycles. The van der Waals surface area contributed by atoms with E-state index in [4.69, 9.17) is 11.6 Å². The molecule has 3 atom stereocenters. The van der Waals surface area contributed by atoms with Gasteiger partial charge in [-0.3, -0.25) is 20.4 Å². The number of likely N-dealkylation sites (tertiary alicyclic amines) is 1. The van der Waals surface area contributed by atoms with Crippen LogP contribution >= 0.6 is 11.6 Å². The van der Waals surface area contributed by atoms with Gasteiger partial charge in [0.25, 0.3) is 5.91 Å². The fraction of sp³-hybridized carbons (Fsp3) is 0.348. The maximum absolute atomic E-state index is 14.8. The van der Waals surface area contributed by atoms with Gasteiger partial charge in [-0.15, -0.1) is 5.10 Å². The molecule has 2 aliphatic rings. The van der Waals surface area contributed by atoms with E-state index in [1.165, 1.54) is 17.9 Å². The van der Waals surface area contributed by atoms with Crippen molar-refractivity contribution in [2.45, 2.75) is 44.7 Å². The highest BCUT2D eigenvalue weighted by Crippen LogP contribution is 2.50. The van der Waals surface area contributed by atoms with E-state index in [1.807, 2.05) is 19.1 Å². The number of hydrazine groups is 1. The third-order valence-corrected chi connectivity index (χ3v) is 6.89. The number of urea groups is 1. The van der Waals surface area contributed by atoms with E-state index in [1.54, 1.807) is 16.9 Å². The van der Waals surface area contributed by atoms with Gasteiger partial charge < -0.3 is 10.2 Å². The third-order valence-electron chi connectivity index (χ3n) is 6.57. The highest BCUT2D eigenvalue weighted by Gasteiger charge is 2.62. The van der Waals surface area contributed by atoms with Crippen LogP contribution in [0.5, 0.6) is 0 Å². The average Bonchev–Trinajstić information content (AvgIpc) is 3.26. The number of nitrogens with one attached hydrogen (secondary N) is 3. The fourth-order valence-electron chi connectivity index (χ4n) is 5.18. The smallest absolute Gasteiger partial charge is 0.307 e. The number of rotatable bonds is 3. The summed E-state index contributed by atoms with van der Waals surface area (Å²) in [4.78, 5) is 43.3. The number of aromatic nitrogens is 3. The molecule has 0 spiro atoms. The number of amides is 4. The Labute approximate surface area is 204 Å². The Balaban J connectivity index is 1.42. The van der Waals surface area contributed by atoms with Crippen LogP contribution < -0.4 is 16.2 Å². The monoisotopic (exact) mass is 499 g/mol. The van der Waals surface area contributed by atoms with Gasteiger partial charge in [-0.25, -0.2) is 18.7 Å². The van der Waals surface area contributed by atoms with Gasteiger partial charge in [0.15, 0.2) is 5.82 Å². The van der Waals surface area contributed by atoms with Gasteiger partial charge in [0.1, 0.15) is 11.4 Å². The molecular formula is C23H23ClFN7O3. The van der Waals surface area contributed by atoms with E-state index in [0.717, 1.165) is 18.0 Å². The summed E-state index contributed by atoms with van der Waals surface area (Å²) in [6, 6.07) is 5.34. The van der Waals surface area contributed by atoms with Crippen LogP contribution in [0.2, 0.25) is 5.02 Å². The van der Waals surface area contributed by atoms with Crippen LogP contribution in [0.25, 0.3) is 16.9 Å². The molecule has 2 fully saturated rings. The first-order valence-corrected chi connectivity index (χ1v) is 11.5. The lowest BCUT2D eigenvalue weighted by atomic mass is 9.64. The standard InChI is InChI=1S/C23H23ClFN7O3/c1-12-6-15-10-23(9-12,21(34)29-28-13(2)33)32(15)22(35)27-19-7-16(17(24)8-18(19)25)20-26-11-14-4-3-5-31(14)30-20/h3-5,7-8,11-12,15H,6,9-10H2,1-2H3,(H,27,35)(H,28,33)(H,29,34). The molecule has 4 amide bonds. The summed E-state index contributed by atoms with van der Waals surface area (Å²) in [5, 5.41) is 7.07. The first-order chi connectivity index (χ1) is 16.7. The van der Waals surface area contributed by atoms with Crippen molar-refractivity contribution in [1.82, 2.24) is 30.3 Å². The van der Waals surface area contributed by atoms with E-state index < -0.39 is 29.2 Å². The van der Waals surface area contributed by atoms with Crippen molar-refractivity contribution in [2.75, 3.05) is 5.32 Å². The fourth-order valence-corrected chi connectivity index (χ4v) is 5.41. The first kappa shape index (κ1) is 23.0. The maximum Gasteiger partial charge on any atom is 0.323 e. The van der Waals surface area contributed by atoms with Gasteiger partial charge in [-0.2, -0.15) is 0 Å². The normalized spacial score (nSPS) is 22.9. The molecule has 1 saturated carbocycles. The van der Waals surface area contributed by atoms with Crippen LogP contribution in [-0.2, 0) is 9.59 Å². The van der Waals surface area contributed by atoms with Gasteiger partial charge in [-0.1, -0.05) is 18.5 Å². The minimum atomic E-state index is -1.12. The zero-order valence-corrected chi connectivity index (χ0v) is 19.8. The summed E-state index contributed by atoms with van der Waals surface area (Å²) in [6.07, 6.45) is 4.98. The Hall–Kier alpha value is -3.73. The number of piperidine rings is 1. The van der Waals surface area contributed by atoms with Crippen molar-refractivity contribution in [3.8, 4) is 11.4 Å². The first-order valence-electron chi connectivity index (χ1n) is 11.1. The van der Waals surface area contributed by atoms with E-state index in [-0.39, 0.29) is 28.5 Å². The number of halogens is 2. The summed E-state index contributed by atoms with van der Waals surface area (Å²) in [5.74, 6) is -1.17. The summed E-state index contributed by atoms with van der Waals surface area (Å²) in [5.41, 5.74) is 4.56. The van der Waals surface area contributed by atoms with Crippen LogP contribution in [0, 0.1) is 11.7 Å². The number of benzene rings is 1. The zero-order chi connectivity index (χ0) is 24.9. The van der Waals surface area contributed by atoms with Crippen LogP contribution in [0.4, 0.5) is 14.9 Å². The van der Waals surface area contributed by atoms with Gasteiger partial charge in [-0.05, 0) is 43.0 Å². The van der Waals surface area contributed by atoms with E-state index >= 15 is 0 Å². The summed E-state index contributed by atoms with van der Waals surface area (Å²) in [6.45, 7) is 3.28. The summed E-state index contributed by atoms with van der Waals surface area (Å²) >= 11 is 6.28. The van der Waals surface area contributed by atoms with Gasteiger partial charge in [0, 0.05) is 31.1 Å². The molecule has 35 heavy (non-hydrogen) atoms. The number of carbonyl (C=O) groups is 3. The molecule has 3 aromatic rings. The molecule has 182 valence electrons. The topological polar surface area (TPSA) is 121 Å². The second kappa shape index (κ2) is 8.49. The highest BCUT2D eigenvalue weighted by molar-refractivity contribution is 6.33. The Kier molecular flexibility index (Phi) is 5.59. The number of hydrogen-bond acceptors (Lipinski definition) is 5. The molecular weight excluding hydrogens is 477 g/mol. The van der Waals surface area contributed by atoms with Gasteiger partial charge in [0.05, 0.1) is 22.4 Å². The van der Waals surface area contributed by atoms with Crippen molar-refractivity contribution in [1.29, 1.82) is 0 Å². The molecule has 3 heterocycles. The molecule has 12 heteroatoms. The summed E-state index contributed by atoms with van der Waals surface area (Å²) < 4.78 is 16.4. The highest BCUT2D eigenvalue weighted by atomic mass is 35.5. The van der Waals surface area contributed by atoms with E-state index in [0.29, 0.717) is 18.4 Å². The minimum absolute atomic E-state index is 0.0906. The van der Waals surface area contributed by atoms with E-state index in [9.17, 15) is 18.8 Å². The lowest BCUT2D eigenvalue weighted by Gasteiger charge is -2.61. The Morgan fingerprint density at radius 2 is 2.03 bits per heavy atom. The number of nitrogens with zero attached hydrogens (tertiary/aromatic N) is 4. The van der Waals surface area contributed by atoms with Crippen molar-refractivity contribution < 1.29 is 18.8 Å². The maximum atomic E-state index is 14.8. The Morgan fingerprint density at radius 1 is 1.23 bits per heavy atom. The Morgan fingerprint density at radius 3 is 2.80 bits per heavy atom. The van der Waals surface area contributed by atoms with Crippen molar-refractivity contribution >= 4 is 40.7 Å². The predicted octanol–water partition coefficient (Wildman–Crippen LogP) is 3.13.